The van der Waals surface area contributed by atoms with Gasteiger partial charge in [-0.15, -0.1) is 0 Å². The molecular formula is C20H19NO2. The Morgan fingerprint density at radius 3 is 2.35 bits per heavy atom. The van der Waals surface area contributed by atoms with Crippen molar-refractivity contribution in [2.24, 2.45) is 0 Å². The summed E-state index contributed by atoms with van der Waals surface area (Å²) >= 11 is 0. The van der Waals surface area contributed by atoms with Crippen LogP contribution in [0.2, 0.25) is 0 Å². The van der Waals surface area contributed by atoms with Crippen LogP contribution in [0.4, 0.5) is 0 Å². The molecule has 3 aromatic rings. The monoisotopic (exact) mass is 305 g/mol. The van der Waals surface area contributed by atoms with Crippen LogP contribution in [0.5, 0.6) is 5.75 Å². The van der Waals surface area contributed by atoms with Crippen molar-refractivity contribution in [1.82, 2.24) is 4.57 Å². The fourth-order valence-corrected chi connectivity index (χ4v) is 2.53. The molecule has 0 saturated carbocycles. The summed E-state index contributed by atoms with van der Waals surface area (Å²) in [7, 11) is 0. The van der Waals surface area contributed by atoms with Crippen LogP contribution >= 0.6 is 0 Å². The molecule has 1 heterocycles. The lowest BCUT2D eigenvalue weighted by Crippen LogP contribution is -2.11. The highest BCUT2D eigenvalue weighted by molar-refractivity contribution is 5.92. The molecule has 3 nitrogen and oxygen atoms in total. The van der Waals surface area contributed by atoms with Crippen LogP contribution in [0.1, 0.15) is 27.0 Å². The molecule has 0 bridgehead atoms. The Morgan fingerprint density at radius 1 is 0.913 bits per heavy atom. The number of ether oxygens (including phenoxy) is 1. The fourth-order valence-electron chi connectivity index (χ4n) is 2.53. The van der Waals surface area contributed by atoms with E-state index in [0.29, 0.717) is 11.3 Å². The first-order valence-corrected chi connectivity index (χ1v) is 7.58. The molecule has 1 aromatic heterocycles. The first-order chi connectivity index (χ1) is 11.1. The van der Waals surface area contributed by atoms with Crippen molar-refractivity contribution in [2.45, 2.75) is 20.8 Å². The predicted molar refractivity (Wildman–Crippen MR) is 91.4 cm³/mol. The normalized spacial score (nSPS) is 10.6. The average molecular weight is 305 g/mol. The fraction of sp³-hybridized carbons (Fsp3) is 0.150. The molecule has 0 spiro atoms. The zero-order valence-electron chi connectivity index (χ0n) is 13.5. The number of aromatic nitrogens is 1. The lowest BCUT2D eigenvalue weighted by Gasteiger charge is -2.13. The lowest BCUT2D eigenvalue weighted by atomic mass is 10.1. The van der Waals surface area contributed by atoms with Gasteiger partial charge in [0, 0.05) is 18.1 Å². The van der Waals surface area contributed by atoms with E-state index in [0.717, 1.165) is 22.4 Å². The number of carbonyl (C=O) groups excluding carboxylic acids is 1. The SMILES string of the molecule is Cc1ccc(C)c(OC(=O)c2cccc(-n3cccc3)c2)c1C. The van der Waals surface area contributed by atoms with E-state index < -0.39 is 0 Å². The highest BCUT2D eigenvalue weighted by atomic mass is 16.5. The van der Waals surface area contributed by atoms with Gasteiger partial charge in [-0.05, 0) is 67.8 Å². The molecule has 0 saturated heterocycles. The summed E-state index contributed by atoms with van der Waals surface area (Å²) < 4.78 is 7.63. The number of rotatable bonds is 3. The molecule has 116 valence electrons. The van der Waals surface area contributed by atoms with Gasteiger partial charge in [0.1, 0.15) is 5.75 Å². The van der Waals surface area contributed by atoms with E-state index >= 15 is 0 Å². The number of hydrogen-bond acceptors (Lipinski definition) is 2. The third kappa shape index (κ3) is 3.04. The first-order valence-electron chi connectivity index (χ1n) is 7.58. The highest BCUT2D eigenvalue weighted by Gasteiger charge is 2.14. The Balaban J connectivity index is 1.90. The van der Waals surface area contributed by atoms with Crippen LogP contribution in [0, 0.1) is 20.8 Å². The maximum Gasteiger partial charge on any atom is 0.343 e. The van der Waals surface area contributed by atoms with Crippen LogP contribution in [0.15, 0.2) is 60.9 Å². The second-order valence-electron chi connectivity index (χ2n) is 5.68. The summed E-state index contributed by atoms with van der Waals surface area (Å²) in [4.78, 5) is 12.5. The molecule has 0 atom stereocenters. The number of carbonyl (C=O) groups is 1. The third-order valence-electron chi connectivity index (χ3n) is 4.05. The minimum Gasteiger partial charge on any atom is -0.422 e. The van der Waals surface area contributed by atoms with Crippen molar-refractivity contribution in [3.8, 4) is 11.4 Å². The number of hydrogen-bond donors (Lipinski definition) is 0. The van der Waals surface area contributed by atoms with E-state index in [1.54, 1.807) is 6.07 Å². The third-order valence-corrected chi connectivity index (χ3v) is 4.05. The molecular weight excluding hydrogens is 286 g/mol. The van der Waals surface area contributed by atoms with Crippen LogP contribution in [0.3, 0.4) is 0 Å². The Hall–Kier alpha value is -2.81. The Morgan fingerprint density at radius 2 is 1.61 bits per heavy atom. The second-order valence-corrected chi connectivity index (χ2v) is 5.68. The van der Waals surface area contributed by atoms with Gasteiger partial charge >= 0.3 is 5.97 Å². The topological polar surface area (TPSA) is 31.2 Å². The summed E-state index contributed by atoms with van der Waals surface area (Å²) in [6, 6.07) is 15.3. The molecule has 0 radical (unpaired) electrons. The van der Waals surface area contributed by atoms with Crippen LogP contribution in [-0.2, 0) is 0 Å². The van der Waals surface area contributed by atoms with Gasteiger partial charge < -0.3 is 9.30 Å². The van der Waals surface area contributed by atoms with Crippen LogP contribution in [0.25, 0.3) is 5.69 Å². The number of aryl methyl sites for hydroxylation is 2. The van der Waals surface area contributed by atoms with E-state index in [2.05, 4.69) is 0 Å². The van der Waals surface area contributed by atoms with Crippen LogP contribution in [-0.4, -0.2) is 10.5 Å². The summed E-state index contributed by atoms with van der Waals surface area (Å²) in [6.45, 7) is 5.94. The molecule has 0 N–H and O–H groups in total. The molecule has 0 aliphatic rings. The van der Waals surface area contributed by atoms with E-state index in [-0.39, 0.29) is 5.97 Å². The number of esters is 1. The summed E-state index contributed by atoms with van der Waals surface area (Å²) in [5.41, 5.74) is 4.54. The predicted octanol–water partition coefficient (Wildman–Crippen LogP) is 4.62. The Labute approximate surface area is 136 Å². The minimum absolute atomic E-state index is 0.337. The van der Waals surface area contributed by atoms with Gasteiger partial charge in [-0.3, -0.25) is 0 Å². The van der Waals surface area contributed by atoms with Crippen LogP contribution < -0.4 is 4.74 Å². The number of nitrogens with zero attached hydrogens (tertiary/aromatic N) is 1. The maximum atomic E-state index is 12.5. The largest absolute Gasteiger partial charge is 0.422 e. The van der Waals surface area contributed by atoms with Crippen molar-refractivity contribution in [2.75, 3.05) is 0 Å². The lowest BCUT2D eigenvalue weighted by molar-refractivity contribution is 0.0732. The van der Waals surface area contributed by atoms with E-state index in [4.69, 9.17) is 4.74 Å². The molecule has 2 aromatic carbocycles. The number of benzene rings is 2. The maximum absolute atomic E-state index is 12.5. The van der Waals surface area contributed by atoms with E-state index in [1.807, 2.05) is 80.2 Å². The van der Waals surface area contributed by atoms with Crippen molar-refractivity contribution in [1.29, 1.82) is 0 Å². The molecule has 0 aliphatic heterocycles. The summed E-state index contributed by atoms with van der Waals surface area (Å²) in [5, 5.41) is 0. The molecule has 0 fully saturated rings. The van der Waals surface area contributed by atoms with E-state index in [1.165, 1.54) is 0 Å². The van der Waals surface area contributed by atoms with E-state index in [9.17, 15) is 4.79 Å². The smallest absolute Gasteiger partial charge is 0.343 e. The zero-order chi connectivity index (χ0) is 16.4. The van der Waals surface area contributed by atoms with Gasteiger partial charge in [-0.1, -0.05) is 18.2 Å². The van der Waals surface area contributed by atoms with Crippen molar-refractivity contribution < 1.29 is 9.53 Å². The van der Waals surface area contributed by atoms with Gasteiger partial charge in [-0.25, -0.2) is 4.79 Å². The standard InChI is InChI=1S/C20H19NO2/c1-14-9-10-15(2)19(16(14)3)23-20(22)17-7-6-8-18(13-17)21-11-4-5-12-21/h4-13H,1-3H3. The van der Waals surface area contributed by atoms with Gasteiger partial charge in [0.25, 0.3) is 0 Å². The van der Waals surface area contributed by atoms with Gasteiger partial charge in [-0.2, -0.15) is 0 Å². The highest BCUT2D eigenvalue weighted by Crippen LogP contribution is 2.26. The molecule has 3 rings (SSSR count). The summed E-state index contributed by atoms with van der Waals surface area (Å²) in [6.07, 6.45) is 3.89. The average Bonchev–Trinajstić information content (AvgIpc) is 3.10. The quantitative estimate of drug-likeness (QED) is 0.522. The van der Waals surface area contributed by atoms with Crippen molar-refractivity contribution >= 4 is 5.97 Å². The molecule has 23 heavy (non-hydrogen) atoms. The zero-order valence-corrected chi connectivity index (χ0v) is 13.5. The summed E-state index contributed by atoms with van der Waals surface area (Å²) in [5.74, 6) is 0.317. The van der Waals surface area contributed by atoms with Gasteiger partial charge in [0.15, 0.2) is 0 Å². The van der Waals surface area contributed by atoms with Crippen molar-refractivity contribution in [3.63, 3.8) is 0 Å². The molecule has 3 heteroatoms. The van der Waals surface area contributed by atoms with Gasteiger partial charge in [0.2, 0.25) is 0 Å². The molecule has 0 unspecified atom stereocenters. The Kier molecular flexibility index (Phi) is 4.02. The minimum atomic E-state index is -0.337. The first kappa shape index (κ1) is 15.1. The van der Waals surface area contributed by atoms with Gasteiger partial charge in [0.05, 0.1) is 5.56 Å². The molecule has 0 aliphatic carbocycles. The Bertz CT molecular complexity index is 848. The van der Waals surface area contributed by atoms with Crippen molar-refractivity contribution in [3.05, 3.63) is 83.2 Å². The second kappa shape index (κ2) is 6.13. The molecule has 0 amide bonds.